The van der Waals surface area contributed by atoms with Crippen molar-refractivity contribution in [3.63, 3.8) is 0 Å². The Kier molecular flexibility index (Phi) is 3.30. The van der Waals surface area contributed by atoms with E-state index in [1.54, 1.807) is 14.2 Å². The van der Waals surface area contributed by atoms with Gasteiger partial charge in [0.05, 0.1) is 14.2 Å². The zero-order valence-corrected chi connectivity index (χ0v) is 13.1. The van der Waals surface area contributed by atoms with Crippen LogP contribution in [0.5, 0.6) is 11.5 Å². The van der Waals surface area contributed by atoms with Crippen molar-refractivity contribution < 1.29 is 9.47 Å². The zero-order chi connectivity index (χ0) is 15.1. The molecule has 1 atom stereocenters. The molecule has 0 saturated carbocycles. The van der Waals surface area contributed by atoms with Gasteiger partial charge >= 0.3 is 0 Å². The van der Waals surface area contributed by atoms with Crippen LogP contribution in [-0.4, -0.2) is 27.3 Å². The number of fused-ring (bicyclic) bond motifs is 2. The number of benzene rings is 2. The van der Waals surface area contributed by atoms with Crippen LogP contribution in [0.4, 0.5) is 0 Å². The fourth-order valence-electron chi connectivity index (χ4n) is 4.02. The van der Waals surface area contributed by atoms with Gasteiger partial charge in [-0.15, -0.1) is 0 Å². The monoisotopic (exact) mass is 295 g/mol. The lowest BCUT2D eigenvalue weighted by atomic mass is 9.75. The Morgan fingerprint density at radius 1 is 1.09 bits per heavy atom. The van der Waals surface area contributed by atoms with Crippen LogP contribution in [0.25, 0.3) is 0 Å². The van der Waals surface area contributed by atoms with Crippen LogP contribution in [0.3, 0.4) is 0 Å². The van der Waals surface area contributed by atoms with E-state index in [-0.39, 0.29) is 0 Å². The maximum atomic E-state index is 5.72. The lowest BCUT2D eigenvalue weighted by Gasteiger charge is -2.31. The molecule has 22 heavy (non-hydrogen) atoms. The number of hydrogen-bond donors (Lipinski definition) is 1. The summed E-state index contributed by atoms with van der Waals surface area (Å²) in [5.74, 6) is 2.18. The highest BCUT2D eigenvalue weighted by molar-refractivity contribution is 5.62. The average Bonchev–Trinajstić information content (AvgIpc) is 2.78. The largest absolute Gasteiger partial charge is 0.493 e. The second-order valence-corrected chi connectivity index (χ2v) is 6.05. The summed E-state index contributed by atoms with van der Waals surface area (Å²) in [5, 5.41) is 3.59. The molecule has 1 unspecified atom stereocenters. The van der Waals surface area contributed by atoms with Gasteiger partial charge in [0.15, 0.2) is 11.5 Å². The van der Waals surface area contributed by atoms with Gasteiger partial charge in [-0.05, 0) is 41.3 Å². The predicted molar refractivity (Wildman–Crippen MR) is 87.2 cm³/mol. The molecule has 2 aliphatic rings. The third kappa shape index (κ3) is 1.92. The molecule has 1 aliphatic heterocycles. The van der Waals surface area contributed by atoms with Crippen LogP contribution in [0.1, 0.15) is 33.7 Å². The van der Waals surface area contributed by atoms with Crippen molar-refractivity contribution >= 4 is 0 Å². The van der Waals surface area contributed by atoms with E-state index in [4.69, 9.17) is 9.47 Å². The van der Waals surface area contributed by atoms with Crippen molar-refractivity contribution in [3.8, 4) is 11.5 Å². The third-order valence-electron chi connectivity index (χ3n) is 4.96. The molecule has 0 fully saturated rings. The molecule has 4 rings (SSSR count). The second kappa shape index (κ2) is 5.33. The topological polar surface area (TPSA) is 30.5 Å². The van der Waals surface area contributed by atoms with Gasteiger partial charge < -0.3 is 14.8 Å². The third-order valence-corrected chi connectivity index (χ3v) is 4.96. The van der Waals surface area contributed by atoms with Gasteiger partial charge in [0, 0.05) is 24.4 Å². The summed E-state index contributed by atoms with van der Waals surface area (Å²) >= 11 is 0. The summed E-state index contributed by atoms with van der Waals surface area (Å²) in [6.45, 7) is 2.01. The fraction of sp³-hybridized carbons (Fsp3) is 0.368. The van der Waals surface area contributed by atoms with Crippen LogP contribution in [0, 0.1) is 0 Å². The normalized spacial score (nSPS) is 18.9. The van der Waals surface area contributed by atoms with Crippen molar-refractivity contribution in [1.82, 2.24) is 5.32 Å². The quantitative estimate of drug-likeness (QED) is 0.924. The number of ether oxygens (including phenoxy) is 2. The minimum atomic E-state index is 0.414. The zero-order valence-electron chi connectivity index (χ0n) is 13.1. The molecule has 0 bridgehead atoms. The second-order valence-electron chi connectivity index (χ2n) is 6.05. The van der Waals surface area contributed by atoms with Crippen LogP contribution >= 0.6 is 0 Å². The van der Waals surface area contributed by atoms with Crippen molar-refractivity contribution in [2.75, 3.05) is 27.3 Å². The molecule has 3 nitrogen and oxygen atoms in total. The van der Waals surface area contributed by atoms with E-state index in [1.165, 1.54) is 27.8 Å². The van der Waals surface area contributed by atoms with Crippen LogP contribution in [0.2, 0.25) is 0 Å². The molecule has 0 spiro atoms. The lowest BCUT2D eigenvalue weighted by Crippen LogP contribution is -2.24. The molecule has 3 heteroatoms. The van der Waals surface area contributed by atoms with Gasteiger partial charge in [-0.25, -0.2) is 0 Å². The van der Waals surface area contributed by atoms with E-state index in [2.05, 4.69) is 35.6 Å². The molecule has 1 N–H and O–H groups in total. The SMILES string of the molecule is COc1cc2c3c(c1OC)Cc1ccccc1C3CNCC2. The van der Waals surface area contributed by atoms with Crippen LogP contribution in [-0.2, 0) is 12.8 Å². The van der Waals surface area contributed by atoms with Gasteiger partial charge in [0.25, 0.3) is 0 Å². The number of methoxy groups -OCH3 is 2. The summed E-state index contributed by atoms with van der Waals surface area (Å²) in [4.78, 5) is 0. The van der Waals surface area contributed by atoms with Crippen molar-refractivity contribution in [3.05, 3.63) is 58.1 Å². The Morgan fingerprint density at radius 3 is 2.77 bits per heavy atom. The number of rotatable bonds is 2. The first-order valence-corrected chi connectivity index (χ1v) is 7.88. The first-order valence-electron chi connectivity index (χ1n) is 7.88. The highest BCUT2D eigenvalue weighted by Gasteiger charge is 2.32. The predicted octanol–water partition coefficient (Wildman–Crippen LogP) is 2.89. The van der Waals surface area contributed by atoms with Gasteiger partial charge in [-0.2, -0.15) is 0 Å². The standard InChI is InChI=1S/C19H21NO2/c1-21-17-10-13-7-8-20-11-16-14-6-4-3-5-12(14)9-15(18(13)16)19(17)22-2/h3-6,10,16,20H,7-9,11H2,1-2H3. The van der Waals surface area contributed by atoms with Crippen molar-refractivity contribution in [1.29, 1.82) is 0 Å². The van der Waals surface area contributed by atoms with Crippen LogP contribution < -0.4 is 14.8 Å². The number of hydrogen-bond acceptors (Lipinski definition) is 3. The maximum absolute atomic E-state index is 5.72. The molecule has 114 valence electrons. The van der Waals surface area contributed by atoms with E-state index >= 15 is 0 Å². The molecule has 0 radical (unpaired) electrons. The van der Waals surface area contributed by atoms with Crippen LogP contribution in [0.15, 0.2) is 30.3 Å². The molecule has 0 aromatic heterocycles. The molecule has 1 aliphatic carbocycles. The number of nitrogens with one attached hydrogen (secondary N) is 1. The first-order chi connectivity index (χ1) is 10.8. The minimum absolute atomic E-state index is 0.414. The molecule has 0 amide bonds. The Bertz CT molecular complexity index is 724. The van der Waals surface area contributed by atoms with E-state index in [0.717, 1.165) is 37.4 Å². The van der Waals surface area contributed by atoms with E-state index in [9.17, 15) is 0 Å². The Hall–Kier alpha value is -2.00. The van der Waals surface area contributed by atoms with E-state index < -0.39 is 0 Å². The summed E-state index contributed by atoms with van der Waals surface area (Å²) in [6.07, 6.45) is 1.97. The van der Waals surface area contributed by atoms with Gasteiger partial charge in [-0.1, -0.05) is 24.3 Å². The smallest absolute Gasteiger partial charge is 0.164 e. The summed E-state index contributed by atoms with van der Waals surface area (Å²) in [7, 11) is 3.46. The average molecular weight is 295 g/mol. The molecular weight excluding hydrogens is 274 g/mol. The van der Waals surface area contributed by atoms with Gasteiger partial charge in [0.2, 0.25) is 0 Å². The maximum Gasteiger partial charge on any atom is 0.164 e. The molecule has 1 heterocycles. The van der Waals surface area contributed by atoms with Gasteiger partial charge in [-0.3, -0.25) is 0 Å². The lowest BCUT2D eigenvalue weighted by molar-refractivity contribution is 0.350. The Labute approximate surface area is 131 Å². The highest BCUT2D eigenvalue weighted by atomic mass is 16.5. The Morgan fingerprint density at radius 2 is 1.95 bits per heavy atom. The van der Waals surface area contributed by atoms with Crippen molar-refractivity contribution in [2.45, 2.75) is 18.8 Å². The molecular formula is C19H21NO2. The van der Waals surface area contributed by atoms with E-state index in [1.807, 2.05) is 0 Å². The summed E-state index contributed by atoms with van der Waals surface area (Å²) in [6, 6.07) is 11.0. The molecule has 2 aromatic rings. The molecule has 0 saturated heterocycles. The van der Waals surface area contributed by atoms with Crippen molar-refractivity contribution in [2.24, 2.45) is 0 Å². The summed E-state index contributed by atoms with van der Waals surface area (Å²) < 4.78 is 11.3. The Balaban J connectivity index is 2.00. The van der Waals surface area contributed by atoms with E-state index in [0.29, 0.717) is 5.92 Å². The first kappa shape index (κ1) is 13.6. The highest BCUT2D eigenvalue weighted by Crippen LogP contribution is 2.46. The minimum Gasteiger partial charge on any atom is -0.493 e. The van der Waals surface area contributed by atoms with Gasteiger partial charge in [0.1, 0.15) is 0 Å². The summed E-state index contributed by atoms with van der Waals surface area (Å²) in [5.41, 5.74) is 7.03. The fourth-order valence-corrected chi connectivity index (χ4v) is 4.02. The molecule has 2 aromatic carbocycles.